The molecule has 0 aliphatic heterocycles. The van der Waals surface area contributed by atoms with E-state index in [9.17, 15) is 12.8 Å². The molecule has 4 nitrogen and oxygen atoms in total. The van der Waals surface area contributed by atoms with Gasteiger partial charge in [-0.05, 0) is 24.3 Å². The predicted molar refractivity (Wildman–Crippen MR) is 71.5 cm³/mol. The zero-order valence-electron chi connectivity index (χ0n) is 9.27. The van der Waals surface area contributed by atoms with Crippen LogP contribution in [0.25, 0.3) is 0 Å². The second kappa shape index (κ2) is 5.32. The van der Waals surface area contributed by atoms with Gasteiger partial charge in [0, 0.05) is 6.20 Å². The lowest BCUT2D eigenvalue weighted by molar-refractivity contribution is 0.599. The van der Waals surface area contributed by atoms with E-state index in [0.29, 0.717) is 0 Å². The van der Waals surface area contributed by atoms with Gasteiger partial charge in [0.05, 0.1) is 26.8 Å². The van der Waals surface area contributed by atoms with E-state index in [4.69, 9.17) is 23.2 Å². The highest BCUT2D eigenvalue weighted by atomic mass is 35.5. The van der Waals surface area contributed by atoms with E-state index in [1.165, 1.54) is 18.5 Å². The van der Waals surface area contributed by atoms with Crippen LogP contribution in [0.1, 0.15) is 0 Å². The monoisotopic (exact) mass is 320 g/mol. The second-order valence-electron chi connectivity index (χ2n) is 3.54. The minimum Gasteiger partial charge on any atom is -0.277 e. The number of hydrogen-bond acceptors (Lipinski definition) is 3. The number of sulfonamides is 1. The van der Waals surface area contributed by atoms with Crippen LogP contribution in [0.5, 0.6) is 0 Å². The average Bonchev–Trinajstić information content (AvgIpc) is 2.35. The number of rotatable bonds is 3. The fourth-order valence-corrected chi connectivity index (χ4v) is 2.84. The average molecular weight is 321 g/mol. The molecule has 1 aromatic heterocycles. The molecule has 0 atom stereocenters. The van der Waals surface area contributed by atoms with Crippen molar-refractivity contribution in [1.82, 2.24) is 4.98 Å². The summed E-state index contributed by atoms with van der Waals surface area (Å²) < 4.78 is 39.3. The summed E-state index contributed by atoms with van der Waals surface area (Å²) in [5.74, 6) is -0.694. The molecule has 8 heteroatoms. The third kappa shape index (κ3) is 3.15. The van der Waals surface area contributed by atoms with E-state index in [2.05, 4.69) is 9.71 Å². The Morgan fingerprint density at radius 3 is 2.53 bits per heavy atom. The predicted octanol–water partition coefficient (Wildman–Crippen LogP) is 3.33. The van der Waals surface area contributed by atoms with Crippen molar-refractivity contribution >= 4 is 38.9 Å². The molecular formula is C11H7Cl2FN2O2S. The van der Waals surface area contributed by atoms with E-state index in [1.54, 1.807) is 0 Å². The third-order valence-corrected chi connectivity index (χ3v) is 4.20. The molecule has 2 rings (SSSR count). The highest BCUT2D eigenvalue weighted by Crippen LogP contribution is 2.25. The van der Waals surface area contributed by atoms with Crippen molar-refractivity contribution in [2.45, 2.75) is 4.90 Å². The van der Waals surface area contributed by atoms with E-state index in [1.807, 2.05) is 0 Å². The lowest BCUT2D eigenvalue weighted by Gasteiger charge is -2.09. The van der Waals surface area contributed by atoms with Gasteiger partial charge in [0.1, 0.15) is 5.82 Å². The van der Waals surface area contributed by atoms with E-state index < -0.39 is 15.8 Å². The molecule has 100 valence electrons. The fraction of sp³-hybridized carbons (Fsp3) is 0. The Bertz CT molecular complexity index is 722. The molecule has 1 aromatic carbocycles. The Hall–Kier alpha value is -1.37. The summed E-state index contributed by atoms with van der Waals surface area (Å²) in [6, 6.07) is 4.54. The summed E-state index contributed by atoms with van der Waals surface area (Å²) in [6.45, 7) is 0. The summed E-state index contributed by atoms with van der Waals surface area (Å²) >= 11 is 11.4. The number of halogens is 3. The number of anilines is 1. The van der Waals surface area contributed by atoms with E-state index >= 15 is 0 Å². The van der Waals surface area contributed by atoms with Crippen LogP contribution in [0.3, 0.4) is 0 Å². The maximum Gasteiger partial charge on any atom is 0.262 e. The van der Waals surface area contributed by atoms with Crippen molar-refractivity contribution in [2.75, 3.05) is 4.72 Å². The topological polar surface area (TPSA) is 59.1 Å². The van der Waals surface area contributed by atoms with Crippen LogP contribution >= 0.6 is 23.2 Å². The number of nitrogens with one attached hydrogen (secondary N) is 1. The minimum absolute atomic E-state index is 0.129. The number of nitrogens with zero attached hydrogens (tertiary/aromatic N) is 1. The molecule has 0 aliphatic rings. The van der Waals surface area contributed by atoms with Gasteiger partial charge in [0.25, 0.3) is 10.0 Å². The van der Waals surface area contributed by atoms with E-state index in [-0.39, 0.29) is 20.6 Å². The normalized spacial score (nSPS) is 11.3. The zero-order valence-corrected chi connectivity index (χ0v) is 11.6. The van der Waals surface area contributed by atoms with Gasteiger partial charge in [0.2, 0.25) is 0 Å². The van der Waals surface area contributed by atoms with Crippen molar-refractivity contribution in [3.05, 3.63) is 52.5 Å². The lowest BCUT2D eigenvalue weighted by atomic mass is 10.3. The van der Waals surface area contributed by atoms with Gasteiger partial charge < -0.3 is 0 Å². The number of hydrogen-bond donors (Lipinski definition) is 1. The maximum atomic E-state index is 13.0. The quantitative estimate of drug-likeness (QED) is 0.943. The molecule has 0 aliphatic carbocycles. The first kappa shape index (κ1) is 14.0. The van der Waals surface area contributed by atoms with Gasteiger partial charge in [-0.15, -0.1) is 0 Å². The second-order valence-corrected chi connectivity index (χ2v) is 6.03. The first-order valence-electron chi connectivity index (χ1n) is 4.97. The van der Waals surface area contributed by atoms with Crippen molar-refractivity contribution in [2.24, 2.45) is 0 Å². The van der Waals surface area contributed by atoms with Crippen molar-refractivity contribution in [3.8, 4) is 0 Å². The first-order chi connectivity index (χ1) is 8.90. The molecule has 19 heavy (non-hydrogen) atoms. The summed E-state index contributed by atoms with van der Waals surface area (Å²) in [4.78, 5) is 3.59. The molecule has 2 aromatic rings. The molecular weight excluding hydrogens is 314 g/mol. The van der Waals surface area contributed by atoms with Gasteiger partial charge in [-0.25, -0.2) is 12.8 Å². The molecule has 1 heterocycles. The summed E-state index contributed by atoms with van der Waals surface area (Å²) in [5, 5.41) is -0.0769. The van der Waals surface area contributed by atoms with Crippen LogP contribution < -0.4 is 4.72 Å². The molecule has 0 saturated carbocycles. The van der Waals surface area contributed by atoms with Gasteiger partial charge in [-0.2, -0.15) is 0 Å². The highest BCUT2D eigenvalue weighted by molar-refractivity contribution is 7.92. The first-order valence-corrected chi connectivity index (χ1v) is 7.21. The number of benzene rings is 1. The maximum absolute atomic E-state index is 13.0. The van der Waals surface area contributed by atoms with E-state index in [0.717, 1.165) is 18.2 Å². The molecule has 0 saturated heterocycles. The van der Waals surface area contributed by atoms with Crippen LogP contribution in [0, 0.1) is 5.82 Å². The number of pyridine rings is 1. The number of aromatic nitrogens is 1. The van der Waals surface area contributed by atoms with Crippen LogP contribution in [-0.2, 0) is 10.0 Å². The van der Waals surface area contributed by atoms with Crippen molar-refractivity contribution in [1.29, 1.82) is 0 Å². The minimum atomic E-state index is -3.90. The zero-order chi connectivity index (χ0) is 14.0. The Morgan fingerprint density at radius 1 is 1.16 bits per heavy atom. The van der Waals surface area contributed by atoms with Gasteiger partial charge in [0.15, 0.2) is 0 Å². The van der Waals surface area contributed by atoms with Crippen molar-refractivity contribution in [3.63, 3.8) is 0 Å². The molecule has 0 fully saturated rings. The molecule has 0 radical (unpaired) electrons. The third-order valence-electron chi connectivity index (χ3n) is 2.21. The van der Waals surface area contributed by atoms with Crippen LogP contribution in [-0.4, -0.2) is 13.4 Å². The SMILES string of the molecule is O=S(=O)(Nc1cnccc1Cl)c1ccc(F)c(Cl)c1. The van der Waals surface area contributed by atoms with Gasteiger partial charge >= 0.3 is 0 Å². The summed E-state index contributed by atoms with van der Waals surface area (Å²) in [5.41, 5.74) is 0.129. The molecule has 0 spiro atoms. The molecule has 0 amide bonds. The Kier molecular flexibility index (Phi) is 3.93. The summed E-state index contributed by atoms with van der Waals surface area (Å²) in [6.07, 6.45) is 2.69. The molecule has 0 unspecified atom stereocenters. The Balaban J connectivity index is 2.38. The molecule has 0 bridgehead atoms. The van der Waals surface area contributed by atoms with Gasteiger partial charge in [-0.1, -0.05) is 23.2 Å². The smallest absolute Gasteiger partial charge is 0.262 e. The standard InChI is InChI=1S/C11H7Cl2FN2O2S/c12-8-3-4-15-6-11(8)16-19(17,18)7-1-2-10(14)9(13)5-7/h1-6,16H. The van der Waals surface area contributed by atoms with Crippen LogP contribution in [0.2, 0.25) is 10.0 Å². The van der Waals surface area contributed by atoms with Gasteiger partial charge in [-0.3, -0.25) is 9.71 Å². The highest BCUT2D eigenvalue weighted by Gasteiger charge is 2.17. The lowest BCUT2D eigenvalue weighted by Crippen LogP contribution is -2.13. The van der Waals surface area contributed by atoms with Crippen LogP contribution in [0.15, 0.2) is 41.6 Å². The largest absolute Gasteiger partial charge is 0.277 e. The van der Waals surface area contributed by atoms with Crippen LogP contribution in [0.4, 0.5) is 10.1 Å². The Labute approximate surface area is 119 Å². The Morgan fingerprint density at radius 2 is 1.89 bits per heavy atom. The van der Waals surface area contributed by atoms with Crippen molar-refractivity contribution < 1.29 is 12.8 Å². The summed E-state index contributed by atoms with van der Waals surface area (Å²) in [7, 11) is -3.90. The fourth-order valence-electron chi connectivity index (χ4n) is 1.30. The molecule has 1 N–H and O–H groups in total.